The van der Waals surface area contributed by atoms with E-state index in [4.69, 9.17) is 4.42 Å². The molecule has 0 radical (unpaired) electrons. The van der Waals surface area contributed by atoms with Crippen LogP contribution in [0.3, 0.4) is 0 Å². The third kappa shape index (κ3) is 3.69. The average molecular weight is 410 g/mol. The zero-order valence-electron chi connectivity index (χ0n) is 16.5. The molecule has 0 aliphatic carbocycles. The Bertz CT molecular complexity index is 1240. The molecule has 152 valence electrons. The second-order valence-electron chi connectivity index (χ2n) is 7.18. The molecule has 4 aromatic rings. The second kappa shape index (κ2) is 7.87. The van der Waals surface area contributed by atoms with Gasteiger partial charge in [-0.15, -0.1) is 0 Å². The minimum absolute atomic E-state index is 0.0973. The SMILES string of the molecule is O=C(Nc1ccc2c(c1)CCN2C(=O)c1ccoc1)c1cnc(-c2ccccc2)nc1. The summed E-state index contributed by atoms with van der Waals surface area (Å²) in [5, 5.41) is 2.88. The Labute approximate surface area is 178 Å². The Morgan fingerprint density at radius 3 is 2.52 bits per heavy atom. The van der Waals surface area contributed by atoms with Crippen molar-refractivity contribution in [1.29, 1.82) is 0 Å². The van der Waals surface area contributed by atoms with Crippen LogP contribution in [-0.4, -0.2) is 28.3 Å². The van der Waals surface area contributed by atoms with Crippen LogP contribution < -0.4 is 10.2 Å². The van der Waals surface area contributed by atoms with Gasteiger partial charge in [0.05, 0.1) is 17.4 Å². The summed E-state index contributed by atoms with van der Waals surface area (Å²) in [6.45, 7) is 0.589. The standard InChI is InChI=1S/C24H18N4O3/c29-23(19-13-25-22(26-14-19)16-4-2-1-3-5-16)27-20-6-7-21-17(12-20)8-10-28(21)24(30)18-9-11-31-15-18/h1-7,9,11-15H,8,10H2,(H,27,29). The number of carbonyl (C=O) groups excluding carboxylic acids is 2. The lowest BCUT2D eigenvalue weighted by Gasteiger charge is -2.16. The zero-order chi connectivity index (χ0) is 21.2. The minimum Gasteiger partial charge on any atom is -0.472 e. The molecular formula is C24H18N4O3. The Morgan fingerprint density at radius 1 is 0.968 bits per heavy atom. The van der Waals surface area contributed by atoms with Gasteiger partial charge < -0.3 is 14.6 Å². The number of hydrogen-bond donors (Lipinski definition) is 1. The van der Waals surface area contributed by atoms with E-state index in [0.29, 0.717) is 29.2 Å². The number of furan rings is 1. The Kier molecular flexibility index (Phi) is 4.76. The number of aromatic nitrogens is 2. The van der Waals surface area contributed by atoms with Crippen LogP contribution in [0, 0.1) is 0 Å². The molecule has 3 heterocycles. The van der Waals surface area contributed by atoms with Crippen molar-refractivity contribution in [2.24, 2.45) is 0 Å². The summed E-state index contributed by atoms with van der Waals surface area (Å²) in [6.07, 6.45) is 6.68. The Hall–Kier alpha value is -4.26. The number of benzene rings is 2. The first kappa shape index (κ1) is 18.7. The number of nitrogens with zero attached hydrogens (tertiary/aromatic N) is 3. The quantitative estimate of drug-likeness (QED) is 0.545. The fourth-order valence-corrected chi connectivity index (χ4v) is 3.62. The highest BCUT2D eigenvalue weighted by Crippen LogP contribution is 2.32. The van der Waals surface area contributed by atoms with Crippen molar-refractivity contribution in [3.05, 3.63) is 96.2 Å². The summed E-state index contributed by atoms with van der Waals surface area (Å²) in [6, 6.07) is 16.8. The van der Waals surface area contributed by atoms with Crippen molar-refractivity contribution >= 4 is 23.2 Å². The first-order valence-corrected chi connectivity index (χ1v) is 9.85. The molecule has 1 aliphatic heterocycles. The van der Waals surface area contributed by atoms with Crippen molar-refractivity contribution in [2.75, 3.05) is 16.8 Å². The van der Waals surface area contributed by atoms with Gasteiger partial charge in [0, 0.05) is 35.9 Å². The third-order valence-corrected chi connectivity index (χ3v) is 5.19. The van der Waals surface area contributed by atoms with Crippen LogP contribution >= 0.6 is 0 Å². The van der Waals surface area contributed by atoms with Crippen LogP contribution in [0.5, 0.6) is 0 Å². The molecule has 5 rings (SSSR count). The van der Waals surface area contributed by atoms with Gasteiger partial charge >= 0.3 is 0 Å². The zero-order valence-corrected chi connectivity index (χ0v) is 16.5. The van der Waals surface area contributed by atoms with E-state index in [-0.39, 0.29) is 11.8 Å². The maximum absolute atomic E-state index is 12.6. The molecule has 2 aromatic heterocycles. The van der Waals surface area contributed by atoms with Crippen molar-refractivity contribution in [3.63, 3.8) is 0 Å². The van der Waals surface area contributed by atoms with Gasteiger partial charge in [0.2, 0.25) is 0 Å². The van der Waals surface area contributed by atoms with Crippen LogP contribution in [0.25, 0.3) is 11.4 Å². The first-order chi connectivity index (χ1) is 15.2. The maximum Gasteiger partial charge on any atom is 0.261 e. The summed E-state index contributed by atoms with van der Waals surface area (Å²) in [7, 11) is 0. The molecule has 0 spiro atoms. The van der Waals surface area contributed by atoms with Gasteiger partial charge in [-0.1, -0.05) is 30.3 Å². The molecule has 0 unspecified atom stereocenters. The maximum atomic E-state index is 12.6. The first-order valence-electron chi connectivity index (χ1n) is 9.85. The lowest BCUT2D eigenvalue weighted by molar-refractivity contribution is 0.0987. The number of hydrogen-bond acceptors (Lipinski definition) is 5. The molecule has 2 amide bonds. The number of rotatable bonds is 4. The number of fused-ring (bicyclic) bond motifs is 1. The van der Waals surface area contributed by atoms with E-state index < -0.39 is 0 Å². The van der Waals surface area contributed by atoms with E-state index in [1.54, 1.807) is 17.0 Å². The van der Waals surface area contributed by atoms with Gasteiger partial charge in [0.15, 0.2) is 5.82 Å². The van der Waals surface area contributed by atoms with Gasteiger partial charge in [-0.2, -0.15) is 0 Å². The molecule has 31 heavy (non-hydrogen) atoms. The monoisotopic (exact) mass is 410 g/mol. The predicted molar refractivity (Wildman–Crippen MR) is 116 cm³/mol. The predicted octanol–water partition coefficient (Wildman–Crippen LogP) is 4.19. The number of carbonyl (C=O) groups is 2. The smallest absolute Gasteiger partial charge is 0.261 e. The van der Waals surface area contributed by atoms with Gasteiger partial charge in [0.1, 0.15) is 6.26 Å². The molecule has 0 atom stereocenters. The van der Waals surface area contributed by atoms with Crippen molar-refractivity contribution < 1.29 is 14.0 Å². The number of nitrogens with one attached hydrogen (secondary N) is 1. The van der Waals surface area contributed by atoms with Gasteiger partial charge in [-0.05, 0) is 36.2 Å². The largest absolute Gasteiger partial charge is 0.472 e. The molecule has 0 bridgehead atoms. The van der Waals surface area contributed by atoms with E-state index in [9.17, 15) is 9.59 Å². The van der Waals surface area contributed by atoms with E-state index in [0.717, 1.165) is 23.2 Å². The van der Waals surface area contributed by atoms with Crippen LogP contribution in [0.1, 0.15) is 26.3 Å². The van der Waals surface area contributed by atoms with E-state index >= 15 is 0 Å². The fourth-order valence-electron chi connectivity index (χ4n) is 3.62. The van der Waals surface area contributed by atoms with Crippen molar-refractivity contribution in [3.8, 4) is 11.4 Å². The molecular weight excluding hydrogens is 392 g/mol. The van der Waals surface area contributed by atoms with Crippen molar-refractivity contribution in [2.45, 2.75) is 6.42 Å². The highest BCUT2D eigenvalue weighted by atomic mass is 16.3. The molecule has 0 saturated carbocycles. The summed E-state index contributed by atoms with van der Waals surface area (Å²) in [5.41, 5.74) is 4.29. The summed E-state index contributed by atoms with van der Waals surface area (Å²) in [4.78, 5) is 35.6. The summed E-state index contributed by atoms with van der Waals surface area (Å²) < 4.78 is 5.02. The van der Waals surface area contributed by atoms with Gasteiger partial charge in [-0.3, -0.25) is 9.59 Å². The van der Waals surface area contributed by atoms with E-state index in [1.165, 1.54) is 24.9 Å². The highest BCUT2D eigenvalue weighted by Gasteiger charge is 2.26. The molecule has 1 aliphatic rings. The third-order valence-electron chi connectivity index (χ3n) is 5.19. The Balaban J connectivity index is 1.30. The molecule has 0 fully saturated rings. The normalized spacial score (nSPS) is 12.5. The molecule has 1 N–H and O–H groups in total. The highest BCUT2D eigenvalue weighted by molar-refractivity contribution is 6.08. The van der Waals surface area contributed by atoms with Gasteiger partial charge in [-0.25, -0.2) is 9.97 Å². The van der Waals surface area contributed by atoms with Crippen LogP contribution in [0.4, 0.5) is 11.4 Å². The lowest BCUT2D eigenvalue weighted by Crippen LogP contribution is -2.28. The molecule has 7 heteroatoms. The number of anilines is 2. The second-order valence-corrected chi connectivity index (χ2v) is 7.18. The van der Waals surface area contributed by atoms with Crippen molar-refractivity contribution in [1.82, 2.24) is 9.97 Å². The molecule has 2 aromatic carbocycles. The van der Waals surface area contributed by atoms with E-state index in [2.05, 4.69) is 15.3 Å². The van der Waals surface area contributed by atoms with Crippen LogP contribution in [0.2, 0.25) is 0 Å². The van der Waals surface area contributed by atoms with E-state index in [1.807, 2.05) is 42.5 Å². The lowest BCUT2D eigenvalue weighted by atomic mass is 10.1. The van der Waals surface area contributed by atoms with Crippen LogP contribution in [-0.2, 0) is 6.42 Å². The minimum atomic E-state index is -0.288. The van der Waals surface area contributed by atoms with Crippen LogP contribution in [0.15, 0.2) is 83.9 Å². The fraction of sp³-hybridized carbons (Fsp3) is 0.0833. The molecule has 0 saturated heterocycles. The molecule has 7 nitrogen and oxygen atoms in total. The van der Waals surface area contributed by atoms with Gasteiger partial charge in [0.25, 0.3) is 11.8 Å². The Morgan fingerprint density at radius 2 is 1.77 bits per heavy atom. The average Bonchev–Trinajstić information content (AvgIpc) is 3.49. The summed E-state index contributed by atoms with van der Waals surface area (Å²) >= 11 is 0. The topological polar surface area (TPSA) is 88.3 Å². The summed E-state index contributed by atoms with van der Waals surface area (Å²) in [5.74, 6) is 0.181. The number of amides is 2.